The topological polar surface area (TPSA) is 70.5 Å². The highest BCUT2D eigenvalue weighted by atomic mass is 16.4. The van der Waals surface area contributed by atoms with Gasteiger partial charge in [-0.05, 0) is 25.5 Å². The second kappa shape index (κ2) is 5.98. The highest BCUT2D eigenvalue weighted by Crippen LogP contribution is 2.09. The number of carbonyl (C=O) groups excluding carboxylic acids is 1. The molecule has 1 rings (SSSR count). The lowest BCUT2D eigenvalue weighted by molar-refractivity contribution is -0.138. The molecule has 1 N–H and O–H groups in total. The van der Waals surface area contributed by atoms with Gasteiger partial charge in [0.15, 0.2) is 0 Å². The number of amides is 1. The lowest BCUT2D eigenvalue weighted by Gasteiger charge is -2.26. The largest absolute Gasteiger partial charge is 0.480 e. The van der Waals surface area contributed by atoms with Gasteiger partial charge in [0.25, 0.3) is 5.91 Å². The summed E-state index contributed by atoms with van der Waals surface area (Å²) in [6.07, 6.45) is 3.72. The highest BCUT2D eigenvalue weighted by Gasteiger charge is 2.22. The van der Waals surface area contributed by atoms with E-state index in [2.05, 4.69) is 4.98 Å². The summed E-state index contributed by atoms with van der Waals surface area (Å²) >= 11 is 0. The van der Waals surface area contributed by atoms with Crippen molar-refractivity contribution >= 4 is 11.9 Å². The molecule has 1 atom stereocenters. The normalized spacial score (nSPS) is 11.9. The van der Waals surface area contributed by atoms with E-state index in [9.17, 15) is 9.59 Å². The molecule has 1 unspecified atom stereocenters. The molecule has 0 bridgehead atoms. The van der Waals surface area contributed by atoms with Gasteiger partial charge in [0.2, 0.25) is 0 Å². The zero-order valence-electron chi connectivity index (χ0n) is 9.96. The van der Waals surface area contributed by atoms with Crippen LogP contribution in [0.25, 0.3) is 0 Å². The summed E-state index contributed by atoms with van der Waals surface area (Å²) in [5, 5.41) is 8.81. The van der Waals surface area contributed by atoms with E-state index in [1.807, 2.05) is 13.8 Å². The molecule has 0 aliphatic carbocycles. The fourth-order valence-corrected chi connectivity index (χ4v) is 1.45. The van der Waals surface area contributed by atoms with E-state index in [1.165, 1.54) is 11.1 Å². The van der Waals surface area contributed by atoms with E-state index < -0.39 is 5.97 Å². The maximum absolute atomic E-state index is 12.1. The number of hydrogen-bond acceptors (Lipinski definition) is 3. The maximum atomic E-state index is 12.1. The van der Waals surface area contributed by atoms with Gasteiger partial charge in [0.1, 0.15) is 6.54 Å². The van der Waals surface area contributed by atoms with Gasteiger partial charge in [-0.25, -0.2) is 0 Å². The molecule has 0 fully saturated rings. The van der Waals surface area contributed by atoms with Crippen LogP contribution in [-0.4, -0.2) is 39.5 Å². The molecule has 1 aromatic rings. The number of hydrogen-bond donors (Lipinski definition) is 1. The van der Waals surface area contributed by atoms with Gasteiger partial charge in [0, 0.05) is 18.4 Å². The molecule has 0 radical (unpaired) electrons. The van der Waals surface area contributed by atoms with Crippen LogP contribution in [0.1, 0.15) is 30.6 Å². The molecule has 0 aliphatic heterocycles. The molecule has 0 aliphatic rings. The molecule has 5 heteroatoms. The molecular weight excluding hydrogens is 220 g/mol. The second-order valence-electron chi connectivity index (χ2n) is 3.83. The Labute approximate surface area is 100 Å². The van der Waals surface area contributed by atoms with Crippen LogP contribution in [0.15, 0.2) is 24.5 Å². The predicted molar refractivity (Wildman–Crippen MR) is 62.7 cm³/mol. The lowest BCUT2D eigenvalue weighted by Crippen LogP contribution is -2.41. The van der Waals surface area contributed by atoms with Crippen molar-refractivity contribution in [2.24, 2.45) is 0 Å². The van der Waals surface area contributed by atoms with Crippen LogP contribution in [0.3, 0.4) is 0 Å². The highest BCUT2D eigenvalue weighted by molar-refractivity contribution is 5.95. The summed E-state index contributed by atoms with van der Waals surface area (Å²) in [5.41, 5.74) is 0.411. The minimum absolute atomic E-state index is 0.112. The summed E-state index contributed by atoms with van der Waals surface area (Å²) < 4.78 is 0. The Kier molecular flexibility index (Phi) is 4.63. The van der Waals surface area contributed by atoms with Crippen molar-refractivity contribution in [3.05, 3.63) is 30.1 Å². The molecule has 5 nitrogen and oxygen atoms in total. The standard InChI is InChI=1S/C12H16N2O3/c1-3-9(2)14(8-11(15)16)12(17)10-5-4-6-13-7-10/h4-7,9H,3,8H2,1-2H3,(H,15,16). The van der Waals surface area contributed by atoms with Crippen molar-refractivity contribution < 1.29 is 14.7 Å². The Balaban J connectivity index is 2.90. The Hall–Kier alpha value is -1.91. The molecule has 1 amide bonds. The van der Waals surface area contributed by atoms with E-state index in [4.69, 9.17) is 5.11 Å². The Morgan fingerprint density at radius 2 is 2.24 bits per heavy atom. The Morgan fingerprint density at radius 3 is 2.71 bits per heavy atom. The third-order valence-corrected chi connectivity index (χ3v) is 2.60. The fraction of sp³-hybridized carbons (Fsp3) is 0.417. The number of carbonyl (C=O) groups is 2. The lowest BCUT2D eigenvalue weighted by atomic mass is 10.1. The van der Waals surface area contributed by atoms with Gasteiger partial charge in [-0.2, -0.15) is 0 Å². The molecule has 1 aromatic heterocycles. The minimum Gasteiger partial charge on any atom is -0.480 e. The van der Waals surface area contributed by atoms with Crippen molar-refractivity contribution in [2.45, 2.75) is 26.3 Å². The monoisotopic (exact) mass is 236 g/mol. The number of rotatable bonds is 5. The third-order valence-electron chi connectivity index (χ3n) is 2.60. The van der Waals surface area contributed by atoms with Gasteiger partial charge < -0.3 is 10.0 Å². The zero-order valence-corrected chi connectivity index (χ0v) is 9.96. The first-order chi connectivity index (χ1) is 8.06. The van der Waals surface area contributed by atoms with Gasteiger partial charge in [-0.3, -0.25) is 14.6 Å². The zero-order chi connectivity index (χ0) is 12.8. The van der Waals surface area contributed by atoms with Crippen molar-refractivity contribution in [1.29, 1.82) is 0 Å². The summed E-state index contributed by atoms with van der Waals surface area (Å²) in [6, 6.07) is 3.17. The number of carboxylic acid groups (broad SMARTS) is 1. The van der Waals surface area contributed by atoms with Crippen molar-refractivity contribution in [2.75, 3.05) is 6.54 Å². The van der Waals surface area contributed by atoms with E-state index in [-0.39, 0.29) is 18.5 Å². The SMILES string of the molecule is CCC(C)N(CC(=O)O)C(=O)c1cccnc1. The first-order valence-electron chi connectivity index (χ1n) is 5.49. The summed E-state index contributed by atoms with van der Waals surface area (Å²) in [4.78, 5) is 28.1. The van der Waals surface area contributed by atoms with Crippen LogP contribution in [0.5, 0.6) is 0 Å². The number of nitrogens with zero attached hydrogens (tertiary/aromatic N) is 2. The molecule has 92 valence electrons. The number of pyridine rings is 1. The average Bonchev–Trinajstić information content (AvgIpc) is 2.35. The average molecular weight is 236 g/mol. The number of aliphatic carboxylic acids is 1. The van der Waals surface area contributed by atoms with Gasteiger partial charge in [-0.15, -0.1) is 0 Å². The van der Waals surface area contributed by atoms with Crippen LogP contribution in [-0.2, 0) is 4.79 Å². The second-order valence-corrected chi connectivity index (χ2v) is 3.83. The maximum Gasteiger partial charge on any atom is 0.323 e. The van der Waals surface area contributed by atoms with Crippen LogP contribution in [0.2, 0.25) is 0 Å². The van der Waals surface area contributed by atoms with Gasteiger partial charge >= 0.3 is 5.97 Å². The summed E-state index contributed by atoms with van der Waals surface area (Å²) in [6.45, 7) is 3.45. The molecule has 0 aromatic carbocycles. The van der Waals surface area contributed by atoms with Gasteiger partial charge in [-0.1, -0.05) is 6.92 Å². The third kappa shape index (κ3) is 3.55. The first-order valence-corrected chi connectivity index (χ1v) is 5.49. The predicted octanol–water partition coefficient (Wildman–Crippen LogP) is 1.41. The van der Waals surface area contributed by atoms with Crippen LogP contribution < -0.4 is 0 Å². The minimum atomic E-state index is -1.01. The van der Waals surface area contributed by atoms with Crippen LogP contribution >= 0.6 is 0 Å². The van der Waals surface area contributed by atoms with Crippen LogP contribution in [0.4, 0.5) is 0 Å². The molecule has 0 saturated heterocycles. The van der Waals surface area contributed by atoms with Crippen molar-refractivity contribution in [3.63, 3.8) is 0 Å². The first kappa shape index (κ1) is 13.2. The molecule has 0 spiro atoms. The van der Waals surface area contributed by atoms with E-state index in [0.29, 0.717) is 12.0 Å². The number of carboxylic acids is 1. The van der Waals surface area contributed by atoms with E-state index >= 15 is 0 Å². The summed E-state index contributed by atoms with van der Waals surface area (Å²) in [5.74, 6) is -1.31. The van der Waals surface area contributed by atoms with E-state index in [0.717, 1.165) is 0 Å². The van der Waals surface area contributed by atoms with Crippen LogP contribution in [0, 0.1) is 0 Å². The quantitative estimate of drug-likeness (QED) is 0.839. The number of aromatic nitrogens is 1. The van der Waals surface area contributed by atoms with Gasteiger partial charge in [0.05, 0.1) is 5.56 Å². The smallest absolute Gasteiger partial charge is 0.323 e. The van der Waals surface area contributed by atoms with Crippen molar-refractivity contribution in [1.82, 2.24) is 9.88 Å². The molecular formula is C12H16N2O3. The van der Waals surface area contributed by atoms with Crippen molar-refractivity contribution in [3.8, 4) is 0 Å². The summed E-state index contributed by atoms with van der Waals surface area (Å²) in [7, 11) is 0. The Bertz CT molecular complexity index is 392. The molecule has 0 saturated carbocycles. The Morgan fingerprint density at radius 1 is 1.53 bits per heavy atom. The molecule has 17 heavy (non-hydrogen) atoms. The molecule has 1 heterocycles. The van der Waals surface area contributed by atoms with E-state index in [1.54, 1.807) is 18.3 Å². The fourth-order valence-electron chi connectivity index (χ4n) is 1.45.